The number of carbonyl (C=O) groups excluding carboxylic acids is 1. The van der Waals surface area contributed by atoms with Crippen molar-refractivity contribution in [3.63, 3.8) is 0 Å². The number of hydrogen-bond donors (Lipinski definition) is 1. The summed E-state index contributed by atoms with van der Waals surface area (Å²) in [7, 11) is 0. The number of fused-ring (bicyclic) bond motifs is 1. The summed E-state index contributed by atoms with van der Waals surface area (Å²) in [6.45, 7) is 8.06. The van der Waals surface area contributed by atoms with Gasteiger partial charge in [-0.25, -0.2) is 4.98 Å². The SMILES string of the molecule is Cc1cc(C)cc(OCC(=O)Nc2ccc(Cc3nc4cc(C)cc(C)c4o3)cc2)c1. The first-order valence-electron chi connectivity index (χ1n) is 10.3. The Hall–Kier alpha value is -3.60. The van der Waals surface area contributed by atoms with Gasteiger partial charge in [0.2, 0.25) is 0 Å². The van der Waals surface area contributed by atoms with Crippen molar-refractivity contribution in [2.75, 3.05) is 11.9 Å². The average molecular weight is 415 g/mol. The quantitative estimate of drug-likeness (QED) is 0.441. The third-order valence-corrected chi connectivity index (χ3v) is 5.02. The minimum atomic E-state index is -0.197. The first-order chi connectivity index (χ1) is 14.9. The predicted molar refractivity (Wildman–Crippen MR) is 123 cm³/mol. The van der Waals surface area contributed by atoms with E-state index in [0.29, 0.717) is 18.1 Å². The number of amides is 1. The summed E-state index contributed by atoms with van der Waals surface area (Å²) < 4.78 is 11.6. The molecule has 0 saturated carbocycles. The van der Waals surface area contributed by atoms with E-state index in [0.717, 1.165) is 39.0 Å². The van der Waals surface area contributed by atoms with Crippen molar-refractivity contribution >= 4 is 22.7 Å². The topological polar surface area (TPSA) is 64.4 Å². The van der Waals surface area contributed by atoms with Crippen molar-refractivity contribution in [2.45, 2.75) is 34.1 Å². The zero-order valence-electron chi connectivity index (χ0n) is 18.3. The molecular formula is C26H26N2O3. The number of rotatable bonds is 6. The van der Waals surface area contributed by atoms with Crippen LogP contribution in [-0.4, -0.2) is 17.5 Å². The van der Waals surface area contributed by atoms with Gasteiger partial charge in [-0.05, 0) is 85.8 Å². The predicted octanol–water partition coefficient (Wildman–Crippen LogP) is 5.67. The highest BCUT2D eigenvalue weighted by Gasteiger charge is 2.10. The molecule has 0 atom stereocenters. The summed E-state index contributed by atoms with van der Waals surface area (Å²) in [6.07, 6.45) is 0.594. The molecule has 4 aromatic rings. The average Bonchev–Trinajstić information content (AvgIpc) is 3.10. The van der Waals surface area contributed by atoms with Crippen LogP contribution in [0, 0.1) is 27.7 Å². The lowest BCUT2D eigenvalue weighted by Crippen LogP contribution is -2.20. The van der Waals surface area contributed by atoms with Gasteiger partial charge in [0, 0.05) is 12.1 Å². The molecule has 0 spiro atoms. The summed E-state index contributed by atoms with van der Waals surface area (Å²) in [4.78, 5) is 16.8. The Balaban J connectivity index is 1.35. The molecule has 5 heteroatoms. The van der Waals surface area contributed by atoms with Crippen molar-refractivity contribution in [1.29, 1.82) is 0 Å². The fourth-order valence-corrected chi connectivity index (χ4v) is 3.74. The number of carbonyl (C=O) groups is 1. The van der Waals surface area contributed by atoms with Crippen LogP contribution in [0.15, 0.2) is 59.0 Å². The number of ether oxygens (including phenoxy) is 1. The Morgan fingerprint density at radius 1 is 0.935 bits per heavy atom. The zero-order valence-corrected chi connectivity index (χ0v) is 18.3. The number of aromatic nitrogens is 1. The second-order valence-electron chi connectivity index (χ2n) is 8.07. The molecule has 158 valence electrons. The molecule has 0 bridgehead atoms. The number of aryl methyl sites for hydroxylation is 4. The van der Waals surface area contributed by atoms with Gasteiger partial charge in [0.1, 0.15) is 11.3 Å². The van der Waals surface area contributed by atoms with Gasteiger partial charge in [-0.2, -0.15) is 0 Å². The minimum absolute atomic E-state index is 0.0354. The third kappa shape index (κ3) is 5.12. The largest absolute Gasteiger partial charge is 0.484 e. The van der Waals surface area contributed by atoms with E-state index in [9.17, 15) is 4.79 Å². The summed E-state index contributed by atoms with van der Waals surface area (Å²) in [5, 5.41) is 2.86. The molecule has 5 nitrogen and oxygen atoms in total. The molecule has 1 N–H and O–H groups in total. The smallest absolute Gasteiger partial charge is 0.262 e. The van der Waals surface area contributed by atoms with Crippen molar-refractivity contribution in [2.24, 2.45) is 0 Å². The van der Waals surface area contributed by atoms with E-state index >= 15 is 0 Å². The van der Waals surface area contributed by atoms with Crippen LogP contribution in [0.5, 0.6) is 5.75 Å². The molecule has 0 unspecified atom stereocenters. The zero-order chi connectivity index (χ0) is 22.0. The molecule has 1 heterocycles. The van der Waals surface area contributed by atoms with E-state index in [1.807, 2.05) is 63.2 Å². The molecule has 31 heavy (non-hydrogen) atoms. The standard InChI is InChI=1S/C26H26N2O3/c1-16-9-17(2)12-22(11-16)30-15-24(29)27-21-7-5-20(6-8-21)14-25-28-23-13-18(3)10-19(4)26(23)31-25/h5-13H,14-15H2,1-4H3,(H,27,29). The molecule has 0 aliphatic heterocycles. The number of hydrogen-bond acceptors (Lipinski definition) is 4. The van der Waals surface area contributed by atoms with Crippen LogP contribution in [0.4, 0.5) is 5.69 Å². The van der Waals surface area contributed by atoms with Crippen LogP contribution in [0.2, 0.25) is 0 Å². The first-order valence-corrected chi connectivity index (χ1v) is 10.3. The van der Waals surface area contributed by atoms with E-state index in [-0.39, 0.29) is 12.5 Å². The molecular weight excluding hydrogens is 388 g/mol. The van der Waals surface area contributed by atoms with Gasteiger partial charge in [-0.15, -0.1) is 0 Å². The number of oxazole rings is 1. The highest BCUT2D eigenvalue weighted by atomic mass is 16.5. The Morgan fingerprint density at radius 3 is 2.32 bits per heavy atom. The molecule has 1 amide bonds. The van der Waals surface area contributed by atoms with Crippen LogP contribution < -0.4 is 10.1 Å². The monoisotopic (exact) mass is 414 g/mol. The summed E-state index contributed by atoms with van der Waals surface area (Å²) in [5.41, 5.74) is 7.99. The van der Waals surface area contributed by atoms with E-state index in [1.165, 1.54) is 5.56 Å². The maximum atomic E-state index is 12.2. The molecule has 1 aromatic heterocycles. The third-order valence-electron chi connectivity index (χ3n) is 5.02. The van der Waals surface area contributed by atoms with Gasteiger partial charge in [-0.3, -0.25) is 4.79 Å². The van der Waals surface area contributed by atoms with Gasteiger partial charge in [0.25, 0.3) is 5.91 Å². The summed E-state index contributed by atoms with van der Waals surface area (Å²) >= 11 is 0. The fourth-order valence-electron chi connectivity index (χ4n) is 3.74. The highest BCUT2D eigenvalue weighted by molar-refractivity contribution is 5.91. The van der Waals surface area contributed by atoms with Crippen LogP contribution in [0.1, 0.15) is 33.7 Å². The van der Waals surface area contributed by atoms with E-state index in [1.54, 1.807) is 0 Å². The number of nitrogens with zero attached hydrogens (tertiary/aromatic N) is 1. The van der Waals surface area contributed by atoms with Gasteiger partial charge in [0.05, 0.1) is 0 Å². The molecule has 4 rings (SSSR count). The van der Waals surface area contributed by atoms with Gasteiger partial charge >= 0.3 is 0 Å². The van der Waals surface area contributed by atoms with Crippen LogP contribution >= 0.6 is 0 Å². The lowest BCUT2D eigenvalue weighted by atomic mass is 10.1. The van der Waals surface area contributed by atoms with Crippen molar-refractivity contribution in [3.8, 4) is 5.75 Å². The Kier molecular flexibility index (Phi) is 5.76. The van der Waals surface area contributed by atoms with Crippen molar-refractivity contribution in [1.82, 2.24) is 4.98 Å². The second kappa shape index (κ2) is 8.64. The molecule has 0 aliphatic rings. The van der Waals surface area contributed by atoms with Crippen LogP contribution in [-0.2, 0) is 11.2 Å². The molecule has 0 aliphatic carbocycles. The minimum Gasteiger partial charge on any atom is -0.484 e. The maximum Gasteiger partial charge on any atom is 0.262 e. The normalized spacial score (nSPS) is 11.0. The Bertz CT molecular complexity index is 1220. The molecule has 0 fully saturated rings. The molecule has 0 radical (unpaired) electrons. The number of anilines is 1. The van der Waals surface area contributed by atoms with Gasteiger partial charge in [0.15, 0.2) is 18.1 Å². The lowest BCUT2D eigenvalue weighted by molar-refractivity contribution is -0.118. The number of nitrogens with one attached hydrogen (secondary N) is 1. The van der Waals surface area contributed by atoms with Gasteiger partial charge in [-0.1, -0.05) is 24.3 Å². The lowest BCUT2D eigenvalue weighted by Gasteiger charge is -2.09. The maximum absolute atomic E-state index is 12.2. The van der Waals surface area contributed by atoms with Gasteiger partial charge < -0.3 is 14.5 Å². The number of benzene rings is 3. The summed E-state index contributed by atoms with van der Waals surface area (Å²) in [6, 6.07) is 17.7. The summed E-state index contributed by atoms with van der Waals surface area (Å²) in [5.74, 6) is 1.19. The molecule has 0 saturated heterocycles. The van der Waals surface area contributed by atoms with E-state index in [4.69, 9.17) is 9.15 Å². The Labute approximate surface area is 182 Å². The van der Waals surface area contributed by atoms with Crippen LogP contribution in [0.3, 0.4) is 0 Å². The first kappa shape index (κ1) is 20.7. The molecule has 3 aromatic carbocycles. The van der Waals surface area contributed by atoms with Crippen molar-refractivity contribution in [3.05, 3.63) is 88.3 Å². The Morgan fingerprint density at radius 2 is 1.61 bits per heavy atom. The highest BCUT2D eigenvalue weighted by Crippen LogP contribution is 2.23. The van der Waals surface area contributed by atoms with E-state index in [2.05, 4.69) is 29.4 Å². The fraction of sp³-hybridized carbons (Fsp3) is 0.231. The second-order valence-corrected chi connectivity index (χ2v) is 8.07. The van der Waals surface area contributed by atoms with Crippen LogP contribution in [0.25, 0.3) is 11.1 Å². The van der Waals surface area contributed by atoms with Crippen molar-refractivity contribution < 1.29 is 13.9 Å². The van der Waals surface area contributed by atoms with E-state index < -0.39 is 0 Å².